The zero-order valence-corrected chi connectivity index (χ0v) is 19.6. The van der Waals surface area contributed by atoms with Crippen LogP contribution in [-0.2, 0) is 15.3 Å². The Labute approximate surface area is 170 Å². The lowest BCUT2D eigenvalue weighted by molar-refractivity contribution is 0.213. The molecular formula is C20H30Cl2O2Si2. The molecule has 0 heterocycles. The number of halogens is 2. The molecule has 0 aliphatic rings. The second kappa shape index (κ2) is 13.5. The Morgan fingerprint density at radius 1 is 0.808 bits per heavy atom. The molecule has 144 valence electrons. The van der Waals surface area contributed by atoms with Crippen molar-refractivity contribution in [3.05, 3.63) is 66.2 Å². The molecule has 0 aliphatic heterocycles. The maximum Gasteiger partial charge on any atom is 0.321 e. The van der Waals surface area contributed by atoms with Crippen LogP contribution < -0.4 is 5.19 Å². The van der Waals surface area contributed by atoms with Crippen molar-refractivity contribution in [2.24, 2.45) is 0 Å². The number of hydrogen-bond donors (Lipinski definition) is 0. The summed E-state index contributed by atoms with van der Waals surface area (Å²) < 4.78 is 11.2. The molecule has 0 N–H and O–H groups in total. The summed E-state index contributed by atoms with van der Waals surface area (Å²) in [6, 6.07) is 22.3. The maximum absolute atomic E-state index is 6.15. The summed E-state index contributed by atoms with van der Waals surface area (Å²) in [5.41, 5.74) is 1.37. The first-order chi connectivity index (χ1) is 12.5. The van der Waals surface area contributed by atoms with E-state index in [1.165, 1.54) is 5.56 Å². The molecular weight excluding hydrogens is 399 g/mol. The van der Waals surface area contributed by atoms with Gasteiger partial charge in [0.25, 0.3) is 6.69 Å². The van der Waals surface area contributed by atoms with Gasteiger partial charge in [0.05, 0.1) is 0 Å². The minimum Gasteiger partial charge on any atom is -0.397 e. The van der Waals surface area contributed by atoms with Crippen LogP contribution in [0.4, 0.5) is 0 Å². The van der Waals surface area contributed by atoms with E-state index < -0.39 is 16.0 Å². The van der Waals surface area contributed by atoms with Crippen molar-refractivity contribution in [1.29, 1.82) is 0 Å². The van der Waals surface area contributed by atoms with E-state index in [4.69, 9.17) is 31.0 Å². The van der Waals surface area contributed by atoms with Gasteiger partial charge in [0, 0.05) is 13.2 Å². The molecule has 0 aliphatic carbocycles. The number of rotatable bonds is 9. The third-order valence-corrected chi connectivity index (χ3v) is 11.0. The Bertz CT molecular complexity index is 577. The first kappa shape index (κ1) is 23.4. The zero-order chi connectivity index (χ0) is 19.3. The third kappa shape index (κ3) is 9.35. The number of aryl methyl sites for hydroxylation is 1. The van der Waals surface area contributed by atoms with E-state index in [9.17, 15) is 0 Å². The quantitative estimate of drug-likeness (QED) is 0.395. The molecule has 0 radical (unpaired) electrons. The van der Waals surface area contributed by atoms with Crippen LogP contribution in [0.15, 0.2) is 60.7 Å². The van der Waals surface area contributed by atoms with Crippen LogP contribution in [0.25, 0.3) is 0 Å². The van der Waals surface area contributed by atoms with Crippen molar-refractivity contribution in [2.45, 2.75) is 39.3 Å². The van der Waals surface area contributed by atoms with Gasteiger partial charge in [-0.1, -0.05) is 67.6 Å². The largest absolute Gasteiger partial charge is 0.397 e. The van der Waals surface area contributed by atoms with Gasteiger partial charge in [-0.3, -0.25) is 0 Å². The van der Waals surface area contributed by atoms with Gasteiger partial charge in [0.2, 0.25) is 0 Å². The molecule has 2 rings (SSSR count). The van der Waals surface area contributed by atoms with Gasteiger partial charge in [0.15, 0.2) is 0 Å². The molecule has 2 aromatic carbocycles. The minimum atomic E-state index is -2.11. The summed E-state index contributed by atoms with van der Waals surface area (Å²) >= 11 is 12.3. The number of benzene rings is 2. The average molecular weight is 430 g/mol. The van der Waals surface area contributed by atoms with Crippen LogP contribution >= 0.6 is 22.2 Å². The highest BCUT2D eigenvalue weighted by molar-refractivity contribution is 7.50. The molecule has 0 bridgehead atoms. The third-order valence-electron chi connectivity index (χ3n) is 3.86. The molecule has 0 amide bonds. The van der Waals surface area contributed by atoms with E-state index in [2.05, 4.69) is 24.3 Å². The van der Waals surface area contributed by atoms with Crippen molar-refractivity contribution in [1.82, 2.24) is 0 Å². The van der Waals surface area contributed by atoms with E-state index in [1.54, 1.807) is 0 Å². The molecule has 0 unspecified atom stereocenters. The van der Waals surface area contributed by atoms with Gasteiger partial charge in [-0.05, 0) is 43.1 Å². The van der Waals surface area contributed by atoms with Crippen molar-refractivity contribution in [3.8, 4) is 0 Å². The van der Waals surface area contributed by atoms with Crippen molar-refractivity contribution in [3.63, 3.8) is 0 Å². The van der Waals surface area contributed by atoms with E-state index in [0.717, 1.165) is 36.9 Å². The fourth-order valence-electron chi connectivity index (χ4n) is 2.40. The molecule has 26 heavy (non-hydrogen) atoms. The van der Waals surface area contributed by atoms with Crippen LogP contribution in [0.3, 0.4) is 0 Å². The van der Waals surface area contributed by atoms with Crippen molar-refractivity contribution in [2.75, 3.05) is 13.2 Å². The lowest BCUT2D eigenvalue weighted by atomic mass is 10.2. The predicted molar refractivity (Wildman–Crippen MR) is 119 cm³/mol. The Hall–Kier alpha value is -0.626. The van der Waals surface area contributed by atoms with Gasteiger partial charge in [-0.15, -0.1) is 22.2 Å². The fraction of sp³-hybridized carbons (Fsp3) is 0.400. The van der Waals surface area contributed by atoms with Gasteiger partial charge in [-0.2, -0.15) is 0 Å². The summed E-state index contributed by atoms with van der Waals surface area (Å²) in [6.45, 7) is 5.52. The van der Waals surface area contributed by atoms with Crippen LogP contribution in [0, 0.1) is 0 Å². The normalized spacial score (nSPS) is 11.2. The Morgan fingerprint density at radius 3 is 1.77 bits per heavy atom. The monoisotopic (exact) mass is 428 g/mol. The fourth-order valence-corrected chi connectivity index (χ4v) is 5.99. The van der Waals surface area contributed by atoms with Crippen molar-refractivity contribution < 1.29 is 8.85 Å². The Morgan fingerprint density at radius 2 is 1.31 bits per heavy atom. The minimum absolute atomic E-state index is 0.770. The van der Waals surface area contributed by atoms with Crippen LogP contribution in [0.5, 0.6) is 0 Å². The molecule has 2 nitrogen and oxygen atoms in total. The summed E-state index contributed by atoms with van der Waals surface area (Å²) in [7, 11) is -1.40. The standard InChI is InChI=1S/C12H20O2Si.C8H10Cl2Si/c1-3-13-15(14-4-2)11-10-12-8-6-5-7-9-12;1-2-11(9,10)8-6-4-3-5-7-8/h5-9,15H,3-4,10-11H2,1-2H3;3-7H,2H2,1H3. The smallest absolute Gasteiger partial charge is 0.321 e. The second-order valence-electron chi connectivity index (χ2n) is 5.79. The van der Waals surface area contributed by atoms with Gasteiger partial charge in [-0.25, -0.2) is 0 Å². The predicted octanol–water partition coefficient (Wildman–Crippen LogP) is 5.36. The lowest BCUT2D eigenvalue weighted by Crippen LogP contribution is -2.34. The summed E-state index contributed by atoms with van der Waals surface area (Å²) in [4.78, 5) is 0. The topological polar surface area (TPSA) is 18.5 Å². The van der Waals surface area contributed by atoms with Crippen molar-refractivity contribution >= 4 is 43.3 Å². The molecule has 0 saturated carbocycles. The van der Waals surface area contributed by atoms with E-state index in [0.29, 0.717) is 0 Å². The summed E-state index contributed by atoms with van der Waals surface area (Å²) in [5.74, 6) is 0. The average Bonchev–Trinajstić information content (AvgIpc) is 2.68. The van der Waals surface area contributed by atoms with Gasteiger partial charge in [0.1, 0.15) is 0 Å². The molecule has 0 spiro atoms. The molecule has 0 aromatic heterocycles. The molecule has 0 fully saturated rings. The molecule has 6 heteroatoms. The highest BCUT2D eigenvalue weighted by atomic mass is 35.7. The van der Waals surface area contributed by atoms with Gasteiger partial charge >= 0.3 is 9.28 Å². The van der Waals surface area contributed by atoms with E-state index in [1.807, 2.05) is 57.2 Å². The SMILES string of the molecule is CCO[SiH](CCc1ccccc1)OCC.CC[Si](Cl)(Cl)c1ccccc1. The van der Waals surface area contributed by atoms with Gasteiger partial charge < -0.3 is 8.85 Å². The highest BCUT2D eigenvalue weighted by Crippen LogP contribution is 2.19. The molecule has 2 aromatic rings. The molecule has 0 atom stereocenters. The number of hydrogen-bond acceptors (Lipinski definition) is 2. The van der Waals surface area contributed by atoms with Crippen LogP contribution in [0.2, 0.25) is 12.1 Å². The second-order valence-corrected chi connectivity index (χ2v) is 15.0. The van der Waals surface area contributed by atoms with E-state index in [-0.39, 0.29) is 0 Å². The Kier molecular flexibility index (Phi) is 12.2. The summed E-state index contributed by atoms with van der Waals surface area (Å²) in [6.07, 6.45) is 1.07. The zero-order valence-electron chi connectivity index (χ0n) is 16.0. The highest BCUT2D eigenvalue weighted by Gasteiger charge is 2.27. The molecule has 0 saturated heterocycles. The summed E-state index contributed by atoms with van der Waals surface area (Å²) in [5, 5.41) is 1.10. The van der Waals surface area contributed by atoms with Crippen LogP contribution in [0.1, 0.15) is 26.3 Å². The maximum atomic E-state index is 6.15. The first-order valence-corrected chi connectivity index (χ1v) is 15.2. The Balaban J connectivity index is 0.000000273. The first-order valence-electron chi connectivity index (χ1n) is 9.23. The van der Waals surface area contributed by atoms with E-state index >= 15 is 0 Å². The van der Waals surface area contributed by atoms with Crippen LogP contribution in [-0.4, -0.2) is 29.2 Å². The lowest BCUT2D eigenvalue weighted by Gasteiger charge is -2.14.